The molecule has 0 aliphatic carbocycles. The zero-order valence-corrected chi connectivity index (χ0v) is 14.5. The molecule has 23 heavy (non-hydrogen) atoms. The monoisotopic (exact) mass is 335 g/mol. The van der Waals surface area contributed by atoms with Crippen LogP contribution in [0.2, 0.25) is 0 Å². The van der Waals surface area contributed by atoms with Gasteiger partial charge in [0.25, 0.3) is 0 Å². The quantitative estimate of drug-likeness (QED) is 0.841. The van der Waals surface area contributed by atoms with Gasteiger partial charge in [0.1, 0.15) is 5.82 Å². The zero-order valence-electron chi connectivity index (χ0n) is 13.7. The van der Waals surface area contributed by atoms with Gasteiger partial charge < -0.3 is 10.6 Å². The number of aryl methyl sites for hydroxylation is 1. The van der Waals surface area contributed by atoms with E-state index in [1.165, 1.54) is 18.4 Å². The third kappa shape index (κ3) is 3.96. The lowest BCUT2D eigenvalue weighted by Gasteiger charge is -2.14. The Morgan fingerprint density at radius 1 is 1.26 bits per heavy atom. The van der Waals surface area contributed by atoms with Crippen LogP contribution in [0.4, 0.5) is 17.5 Å². The van der Waals surface area contributed by atoms with Gasteiger partial charge in [0, 0.05) is 38.1 Å². The van der Waals surface area contributed by atoms with Gasteiger partial charge in [-0.2, -0.15) is 4.98 Å². The van der Waals surface area contributed by atoms with Crippen LogP contribution in [0.15, 0.2) is 35.4 Å². The van der Waals surface area contributed by atoms with Crippen molar-refractivity contribution in [2.75, 3.05) is 31.3 Å². The largest absolute Gasteiger partial charge is 0.354 e. The van der Waals surface area contributed by atoms with Gasteiger partial charge in [-0.3, -0.25) is 0 Å². The summed E-state index contributed by atoms with van der Waals surface area (Å²) in [5.74, 6) is 1.16. The Hall–Kier alpha value is -2.19. The van der Waals surface area contributed by atoms with Gasteiger partial charge >= 0.3 is 0 Å². The smallest absolute Gasteiger partial charge is 0.242 e. The molecule has 2 rings (SSSR count). The SMILES string of the molecule is CCNc1ncc(C)c(Nc2cccc(S(=O)(=O)N(C)C)c2)n1. The number of hydrogen-bond acceptors (Lipinski definition) is 6. The van der Waals surface area contributed by atoms with Crippen LogP contribution in [0.5, 0.6) is 0 Å². The van der Waals surface area contributed by atoms with Crippen LogP contribution in [-0.2, 0) is 10.0 Å². The molecule has 0 spiro atoms. The van der Waals surface area contributed by atoms with E-state index in [4.69, 9.17) is 0 Å². The number of benzene rings is 1. The van der Waals surface area contributed by atoms with E-state index in [0.717, 1.165) is 12.1 Å². The molecule has 0 aliphatic rings. The average Bonchev–Trinajstić information content (AvgIpc) is 2.51. The molecule has 0 saturated heterocycles. The molecule has 7 nitrogen and oxygen atoms in total. The first kappa shape index (κ1) is 17.2. The molecule has 0 aliphatic heterocycles. The Kier molecular flexibility index (Phi) is 5.17. The highest BCUT2D eigenvalue weighted by molar-refractivity contribution is 7.89. The van der Waals surface area contributed by atoms with Crippen molar-refractivity contribution in [2.24, 2.45) is 0 Å². The highest BCUT2D eigenvalue weighted by Crippen LogP contribution is 2.22. The van der Waals surface area contributed by atoms with Crippen LogP contribution in [0.3, 0.4) is 0 Å². The summed E-state index contributed by atoms with van der Waals surface area (Å²) in [7, 11) is -0.457. The van der Waals surface area contributed by atoms with E-state index in [2.05, 4.69) is 20.6 Å². The number of anilines is 3. The molecule has 124 valence electrons. The molecule has 1 heterocycles. The van der Waals surface area contributed by atoms with Crippen molar-refractivity contribution >= 4 is 27.5 Å². The molecular weight excluding hydrogens is 314 g/mol. The minimum absolute atomic E-state index is 0.228. The van der Waals surface area contributed by atoms with Gasteiger partial charge in [-0.05, 0) is 32.0 Å². The molecule has 0 fully saturated rings. The van der Waals surface area contributed by atoms with Crippen LogP contribution in [0, 0.1) is 6.92 Å². The summed E-state index contributed by atoms with van der Waals surface area (Å²) in [6.07, 6.45) is 1.72. The molecule has 0 bridgehead atoms. The minimum atomic E-state index is -3.47. The first-order chi connectivity index (χ1) is 10.8. The number of rotatable bonds is 6. The lowest BCUT2D eigenvalue weighted by atomic mass is 10.3. The minimum Gasteiger partial charge on any atom is -0.354 e. The van der Waals surface area contributed by atoms with E-state index in [1.807, 2.05) is 13.8 Å². The van der Waals surface area contributed by atoms with E-state index < -0.39 is 10.0 Å². The molecule has 1 aromatic heterocycles. The molecule has 0 unspecified atom stereocenters. The Labute approximate surface area is 136 Å². The van der Waals surface area contributed by atoms with E-state index in [-0.39, 0.29) is 4.90 Å². The van der Waals surface area contributed by atoms with Crippen LogP contribution in [0.1, 0.15) is 12.5 Å². The number of sulfonamides is 1. The summed E-state index contributed by atoms with van der Waals surface area (Å²) >= 11 is 0. The fourth-order valence-corrected chi connectivity index (χ4v) is 2.84. The summed E-state index contributed by atoms with van der Waals surface area (Å²) in [6, 6.07) is 6.64. The summed E-state index contributed by atoms with van der Waals surface area (Å²) in [5, 5.41) is 6.20. The summed E-state index contributed by atoms with van der Waals surface area (Å²) in [4.78, 5) is 8.80. The van der Waals surface area contributed by atoms with Crippen LogP contribution >= 0.6 is 0 Å². The van der Waals surface area contributed by atoms with Gasteiger partial charge in [-0.15, -0.1) is 0 Å². The first-order valence-electron chi connectivity index (χ1n) is 7.21. The molecule has 8 heteroatoms. The highest BCUT2D eigenvalue weighted by Gasteiger charge is 2.17. The predicted molar refractivity (Wildman–Crippen MR) is 91.5 cm³/mol. The van der Waals surface area contributed by atoms with Crippen molar-refractivity contribution in [1.29, 1.82) is 0 Å². The van der Waals surface area contributed by atoms with Crippen molar-refractivity contribution in [1.82, 2.24) is 14.3 Å². The molecule has 0 amide bonds. The average molecular weight is 335 g/mol. The van der Waals surface area contributed by atoms with Gasteiger partial charge in [-0.1, -0.05) is 6.07 Å². The lowest BCUT2D eigenvalue weighted by Crippen LogP contribution is -2.22. The topological polar surface area (TPSA) is 87.2 Å². The second kappa shape index (κ2) is 6.93. The molecule has 0 radical (unpaired) electrons. The van der Waals surface area contributed by atoms with Crippen LogP contribution in [0.25, 0.3) is 0 Å². The zero-order chi connectivity index (χ0) is 17.0. The summed E-state index contributed by atoms with van der Waals surface area (Å²) < 4.78 is 25.6. The summed E-state index contributed by atoms with van der Waals surface area (Å²) in [5.41, 5.74) is 1.52. The Bertz CT molecular complexity index is 790. The van der Waals surface area contributed by atoms with E-state index >= 15 is 0 Å². The van der Waals surface area contributed by atoms with Crippen molar-refractivity contribution in [3.63, 3.8) is 0 Å². The third-order valence-electron chi connectivity index (χ3n) is 3.18. The molecule has 2 N–H and O–H groups in total. The molecule has 0 atom stereocenters. The van der Waals surface area contributed by atoms with E-state index in [0.29, 0.717) is 17.5 Å². The van der Waals surface area contributed by atoms with Gasteiger partial charge in [0.2, 0.25) is 16.0 Å². The van der Waals surface area contributed by atoms with Gasteiger partial charge in [0.05, 0.1) is 4.90 Å². The lowest BCUT2D eigenvalue weighted by molar-refractivity contribution is 0.521. The normalized spacial score (nSPS) is 11.5. The van der Waals surface area contributed by atoms with Crippen molar-refractivity contribution in [2.45, 2.75) is 18.7 Å². The number of nitrogens with one attached hydrogen (secondary N) is 2. The maximum Gasteiger partial charge on any atom is 0.242 e. The van der Waals surface area contributed by atoms with E-state index in [1.54, 1.807) is 30.5 Å². The third-order valence-corrected chi connectivity index (χ3v) is 4.99. The van der Waals surface area contributed by atoms with Crippen LogP contribution < -0.4 is 10.6 Å². The Morgan fingerprint density at radius 3 is 2.65 bits per heavy atom. The van der Waals surface area contributed by atoms with Crippen molar-refractivity contribution in [3.05, 3.63) is 36.0 Å². The Morgan fingerprint density at radius 2 is 2.00 bits per heavy atom. The molecular formula is C15H21N5O2S. The Balaban J connectivity index is 2.33. The number of aromatic nitrogens is 2. The fraction of sp³-hybridized carbons (Fsp3) is 0.333. The second-order valence-corrected chi connectivity index (χ2v) is 7.35. The number of hydrogen-bond donors (Lipinski definition) is 2. The molecule has 0 saturated carbocycles. The first-order valence-corrected chi connectivity index (χ1v) is 8.65. The molecule has 2 aromatic rings. The summed E-state index contributed by atoms with van der Waals surface area (Å²) in [6.45, 7) is 4.57. The van der Waals surface area contributed by atoms with Crippen molar-refractivity contribution in [3.8, 4) is 0 Å². The van der Waals surface area contributed by atoms with Gasteiger partial charge in [-0.25, -0.2) is 17.7 Å². The second-order valence-electron chi connectivity index (χ2n) is 5.20. The maximum atomic E-state index is 12.2. The number of nitrogens with zero attached hydrogens (tertiary/aromatic N) is 3. The maximum absolute atomic E-state index is 12.2. The standard InChI is InChI=1S/C15H21N5O2S/c1-5-16-15-17-10-11(2)14(19-15)18-12-7-6-8-13(9-12)23(21,22)20(3)4/h6-10H,5H2,1-4H3,(H2,16,17,18,19). The van der Waals surface area contributed by atoms with Gasteiger partial charge in [0.15, 0.2) is 0 Å². The van der Waals surface area contributed by atoms with Crippen LogP contribution in [-0.4, -0.2) is 43.3 Å². The predicted octanol–water partition coefficient (Wildman–Crippen LogP) is 2.21. The highest BCUT2D eigenvalue weighted by atomic mass is 32.2. The fourth-order valence-electron chi connectivity index (χ4n) is 1.89. The van der Waals surface area contributed by atoms with Crippen molar-refractivity contribution < 1.29 is 8.42 Å². The van der Waals surface area contributed by atoms with E-state index in [9.17, 15) is 8.42 Å². The molecule has 1 aromatic carbocycles.